The normalized spacial score (nSPS) is 11.0. The first kappa shape index (κ1) is 19.5. The van der Waals surface area contributed by atoms with Crippen molar-refractivity contribution in [2.24, 2.45) is 0 Å². The first-order valence-corrected chi connectivity index (χ1v) is 8.51. The Morgan fingerprint density at radius 3 is 2.64 bits per heavy atom. The molecule has 4 nitrogen and oxygen atoms in total. The van der Waals surface area contributed by atoms with E-state index in [4.69, 9.17) is 0 Å². The lowest BCUT2D eigenvalue weighted by molar-refractivity contribution is -0.117. The van der Waals surface area contributed by atoms with Crippen molar-refractivity contribution >= 4 is 27.5 Å². The lowest BCUT2D eigenvalue weighted by Gasteiger charge is -2.21. The minimum absolute atomic E-state index is 0.0536. The number of aryl methyl sites for hydroxylation is 1. The Hall–Kier alpha value is -1.83. The highest BCUT2D eigenvalue weighted by molar-refractivity contribution is 9.10. The Kier molecular flexibility index (Phi) is 7.04. The smallest absolute Gasteiger partial charge is 0.238 e. The van der Waals surface area contributed by atoms with E-state index in [1.807, 2.05) is 0 Å². The summed E-state index contributed by atoms with van der Waals surface area (Å²) < 4.78 is 28.2. The van der Waals surface area contributed by atoms with Crippen LogP contribution in [0.3, 0.4) is 0 Å². The van der Waals surface area contributed by atoms with E-state index < -0.39 is 5.82 Å². The number of rotatable bonds is 7. The number of nitrogens with one attached hydrogen (secondary N) is 1. The van der Waals surface area contributed by atoms with E-state index in [0.29, 0.717) is 16.8 Å². The van der Waals surface area contributed by atoms with E-state index in [1.165, 1.54) is 12.1 Å². The molecule has 0 aliphatic carbocycles. The van der Waals surface area contributed by atoms with Crippen LogP contribution in [0.15, 0.2) is 40.9 Å². The van der Waals surface area contributed by atoms with Crippen molar-refractivity contribution in [1.82, 2.24) is 4.90 Å². The molecule has 0 heterocycles. The highest BCUT2D eigenvalue weighted by Gasteiger charge is 2.14. The number of benzene rings is 2. The van der Waals surface area contributed by atoms with E-state index in [9.17, 15) is 18.7 Å². The first-order chi connectivity index (χ1) is 11.9. The molecule has 1 amide bonds. The number of hydrogen-bond acceptors (Lipinski definition) is 3. The zero-order valence-electron chi connectivity index (χ0n) is 13.7. The maximum atomic E-state index is 13.9. The maximum absolute atomic E-state index is 13.9. The van der Waals surface area contributed by atoms with E-state index in [-0.39, 0.29) is 38.0 Å². The molecule has 2 aromatic rings. The first-order valence-electron chi connectivity index (χ1n) is 7.72. The van der Waals surface area contributed by atoms with Crippen LogP contribution in [0.1, 0.15) is 11.1 Å². The van der Waals surface area contributed by atoms with E-state index in [1.54, 1.807) is 36.1 Å². The Labute approximate surface area is 153 Å². The van der Waals surface area contributed by atoms with Crippen molar-refractivity contribution in [3.63, 3.8) is 0 Å². The predicted molar refractivity (Wildman–Crippen MR) is 96.2 cm³/mol. The Morgan fingerprint density at radius 1 is 1.20 bits per heavy atom. The molecule has 7 heteroatoms. The fraction of sp³-hybridized carbons (Fsp3) is 0.278. The van der Waals surface area contributed by atoms with Crippen molar-refractivity contribution in [3.05, 3.63) is 63.6 Å². The summed E-state index contributed by atoms with van der Waals surface area (Å²) in [7, 11) is 0. The summed E-state index contributed by atoms with van der Waals surface area (Å²) in [4.78, 5) is 13.8. The number of anilines is 1. The van der Waals surface area contributed by atoms with Crippen LogP contribution < -0.4 is 5.32 Å². The van der Waals surface area contributed by atoms with Crippen molar-refractivity contribution in [2.75, 3.05) is 25.0 Å². The molecule has 0 aliphatic rings. The molecule has 0 aliphatic heterocycles. The van der Waals surface area contributed by atoms with Gasteiger partial charge in [0.05, 0.1) is 13.2 Å². The van der Waals surface area contributed by atoms with Crippen LogP contribution >= 0.6 is 15.9 Å². The molecular weight excluding hydrogens is 394 g/mol. The van der Waals surface area contributed by atoms with Gasteiger partial charge in [-0.1, -0.05) is 22.0 Å². The number of nitrogens with zero attached hydrogens (tertiary/aromatic N) is 1. The fourth-order valence-corrected chi connectivity index (χ4v) is 2.74. The molecule has 25 heavy (non-hydrogen) atoms. The topological polar surface area (TPSA) is 52.6 Å². The van der Waals surface area contributed by atoms with Crippen molar-refractivity contribution in [3.8, 4) is 0 Å². The molecule has 2 rings (SSSR count). The lowest BCUT2D eigenvalue weighted by Crippen LogP contribution is -2.35. The molecule has 0 bridgehead atoms. The van der Waals surface area contributed by atoms with Gasteiger partial charge in [0.15, 0.2) is 0 Å². The van der Waals surface area contributed by atoms with E-state index in [0.717, 1.165) is 4.47 Å². The van der Waals surface area contributed by atoms with Crippen molar-refractivity contribution < 1.29 is 18.7 Å². The predicted octanol–water partition coefficient (Wildman–Crippen LogP) is 3.47. The van der Waals surface area contributed by atoms with Crippen molar-refractivity contribution in [2.45, 2.75) is 13.5 Å². The van der Waals surface area contributed by atoms with Crippen LogP contribution in [0.5, 0.6) is 0 Å². The van der Waals surface area contributed by atoms with Gasteiger partial charge < -0.3 is 10.4 Å². The average Bonchev–Trinajstić information content (AvgIpc) is 2.54. The van der Waals surface area contributed by atoms with Crippen LogP contribution in [0.4, 0.5) is 14.5 Å². The van der Waals surface area contributed by atoms with Crippen LogP contribution in [0.2, 0.25) is 0 Å². The molecule has 2 N–H and O–H groups in total. The Morgan fingerprint density at radius 2 is 1.96 bits per heavy atom. The molecular formula is C18H19BrF2N2O2. The van der Waals surface area contributed by atoms with Gasteiger partial charge >= 0.3 is 0 Å². The summed E-state index contributed by atoms with van der Waals surface area (Å²) in [5, 5.41) is 11.8. The molecule has 0 fully saturated rings. The fourth-order valence-electron chi connectivity index (χ4n) is 2.34. The Bertz CT molecular complexity index is 756. The van der Waals surface area contributed by atoms with Crippen LogP contribution in [0.25, 0.3) is 0 Å². The van der Waals surface area contributed by atoms with Crippen LogP contribution in [0, 0.1) is 18.6 Å². The average molecular weight is 413 g/mol. The summed E-state index contributed by atoms with van der Waals surface area (Å²) in [6.45, 7) is 1.80. The number of halogens is 3. The van der Waals surface area contributed by atoms with Crippen LogP contribution in [-0.4, -0.2) is 35.6 Å². The molecule has 0 spiro atoms. The quantitative estimate of drug-likeness (QED) is 0.731. The van der Waals surface area contributed by atoms with Gasteiger partial charge in [-0.05, 0) is 42.8 Å². The Balaban J connectivity index is 2.03. The lowest BCUT2D eigenvalue weighted by atomic mass is 10.2. The monoisotopic (exact) mass is 412 g/mol. The minimum atomic E-state index is -0.402. The highest BCUT2D eigenvalue weighted by Crippen LogP contribution is 2.18. The summed E-state index contributed by atoms with van der Waals surface area (Å²) in [5.74, 6) is -1.15. The number of amides is 1. The maximum Gasteiger partial charge on any atom is 0.238 e. The van der Waals surface area contributed by atoms with Gasteiger partial charge in [0.25, 0.3) is 0 Å². The second-order valence-electron chi connectivity index (χ2n) is 5.68. The SMILES string of the molecule is Cc1ccc(NC(=O)CN(CCO)Cc2cc(Br)ccc2F)cc1F. The second-order valence-corrected chi connectivity index (χ2v) is 6.60. The molecule has 0 saturated heterocycles. The molecule has 0 atom stereocenters. The summed E-state index contributed by atoms with van der Waals surface area (Å²) >= 11 is 3.28. The van der Waals surface area contributed by atoms with Gasteiger partial charge in [0.1, 0.15) is 11.6 Å². The molecule has 134 valence electrons. The van der Waals surface area contributed by atoms with E-state index in [2.05, 4.69) is 21.2 Å². The summed E-state index contributed by atoms with van der Waals surface area (Å²) in [6.07, 6.45) is 0. The van der Waals surface area contributed by atoms with Gasteiger partial charge in [0.2, 0.25) is 5.91 Å². The zero-order valence-corrected chi connectivity index (χ0v) is 15.3. The minimum Gasteiger partial charge on any atom is -0.395 e. The molecule has 0 radical (unpaired) electrons. The number of carbonyl (C=O) groups excluding carboxylic acids is 1. The van der Waals surface area contributed by atoms with Gasteiger partial charge in [-0.3, -0.25) is 9.69 Å². The standard InChI is InChI=1S/C18H19BrF2N2O2/c1-12-2-4-15(9-17(12)21)22-18(25)11-23(6-7-24)10-13-8-14(19)3-5-16(13)20/h2-5,8-9,24H,6-7,10-11H2,1H3,(H,22,25). The largest absolute Gasteiger partial charge is 0.395 e. The van der Waals surface area contributed by atoms with Crippen molar-refractivity contribution in [1.29, 1.82) is 0 Å². The molecule has 0 saturated carbocycles. The summed E-state index contributed by atoms with van der Waals surface area (Å²) in [6, 6.07) is 9.00. The molecule has 2 aromatic carbocycles. The molecule has 0 unspecified atom stereocenters. The number of aliphatic hydroxyl groups excluding tert-OH is 1. The van der Waals surface area contributed by atoms with E-state index >= 15 is 0 Å². The summed E-state index contributed by atoms with van der Waals surface area (Å²) in [5.41, 5.74) is 1.26. The third-order valence-corrected chi connectivity index (χ3v) is 4.13. The second kappa shape index (κ2) is 9.03. The number of carbonyl (C=O) groups is 1. The van der Waals surface area contributed by atoms with Crippen LogP contribution in [-0.2, 0) is 11.3 Å². The van der Waals surface area contributed by atoms with Gasteiger partial charge in [0, 0.05) is 28.8 Å². The number of aliphatic hydroxyl groups is 1. The zero-order chi connectivity index (χ0) is 18.4. The van der Waals surface area contributed by atoms with Gasteiger partial charge in [-0.2, -0.15) is 0 Å². The third-order valence-electron chi connectivity index (χ3n) is 3.64. The van der Waals surface area contributed by atoms with Gasteiger partial charge in [-0.25, -0.2) is 8.78 Å². The highest BCUT2D eigenvalue weighted by atomic mass is 79.9. The molecule has 0 aromatic heterocycles. The third kappa shape index (κ3) is 5.88. The van der Waals surface area contributed by atoms with Gasteiger partial charge in [-0.15, -0.1) is 0 Å². The number of hydrogen-bond donors (Lipinski definition) is 2.